The first-order valence-corrected chi connectivity index (χ1v) is 3.99. The molecule has 0 atom stereocenters. The quantitative estimate of drug-likeness (QED) is 0.694. The van der Waals surface area contributed by atoms with E-state index in [1.165, 1.54) is 5.56 Å². The van der Waals surface area contributed by atoms with Crippen molar-refractivity contribution in [2.45, 2.75) is 0 Å². The summed E-state index contributed by atoms with van der Waals surface area (Å²) in [5.74, 6) is -0.912. The Bertz CT molecular complexity index is 414. The third-order valence-corrected chi connectivity index (χ3v) is 1.99. The molecule has 0 amide bonds. The number of carboxylic acids is 1. The van der Waals surface area contributed by atoms with Gasteiger partial charge in [0.2, 0.25) is 0 Å². The third kappa shape index (κ3) is 1.38. The van der Waals surface area contributed by atoms with E-state index in [1.54, 1.807) is 6.08 Å². The maximum atomic E-state index is 10.2. The Labute approximate surface area is 75.8 Å². The fourth-order valence-electron chi connectivity index (χ4n) is 1.35. The second kappa shape index (κ2) is 2.90. The Morgan fingerprint density at radius 3 is 2.77 bits per heavy atom. The molecule has 0 radical (unpaired) electrons. The molecule has 2 nitrogen and oxygen atoms in total. The van der Waals surface area contributed by atoms with Crippen LogP contribution in [0.15, 0.2) is 36.4 Å². The summed E-state index contributed by atoms with van der Waals surface area (Å²) in [5.41, 5.74) is 3.28. The molecule has 1 aromatic carbocycles. The lowest BCUT2D eigenvalue weighted by molar-refractivity contribution is -0.131. The van der Waals surface area contributed by atoms with Crippen molar-refractivity contribution < 1.29 is 9.90 Å². The van der Waals surface area contributed by atoms with E-state index in [9.17, 15) is 4.79 Å². The highest BCUT2D eigenvalue weighted by Gasteiger charge is 2.11. The highest BCUT2D eigenvalue weighted by atomic mass is 16.4. The summed E-state index contributed by atoms with van der Waals surface area (Å²) in [5, 5.41) is 8.42. The van der Waals surface area contributed by atoms with Gasteiger partial charge in [0.25, 0.3) is 0 Å². The van der Waals surface area contributed by atoms with Gasteiger partial charge in [-0.1, -0.05) is 24.3 Å². The molecule has 13 heavy (non-hydrogen) atoms. The van der Waals surface area contributed by atoms with E-state index in [1.807, 2.05) is 30.3 Å². The number of hydrogen-bond donors (Lipinski definition) is 1. The van der Waals surface area contributed by atoms with Crippen LogP contribution < -0.4 is 0 Å². The second-order valence-corrected chi connectivity index (χ2v) is 2.86. The summed E-state index contributed by atoms with van der Waals surface area (Å²) >= 11 is 0. The SMILES string of the molecule is O=C(O)C=CC1=Cc2ccccc21. The molecule has 0 aromatic heterocycles. The van der Waals surface area contributed by atoms with Crippen molar-refractivity contribution in [1.82, 2.24) is 0 Å². The maximum Gasteiger partial charge on any atom is 0.328 e. The zero-order valence-corrected chi connectivity index (χ0v) is 6.90. The van der Waals surface area contributed by atoms with Crippen LogP contribution in [-0.2, 0) is 4.79 Å². The van der Waals surface area contributed by atoms with Crippen molar-refractivity contribution in [2.24, 2.45) is 0 Å². The molecule has 0 bridgehead atoms. The van der Waals surface area contributed by atoms with Gasteiger partial charge in [-0.2, -0.15) is 0 Å². The number of carboxylic acid groups (broad SMARTS) is 1. The van der Waals surface area contributed by atoms with Crippen molar-refractivity contribution in [1.29, 1.82) is 0 Å². The summed E-state index contributed by atoms with van der Waals surface area (Å²) in [7, 11) is 0. The van der Waals surface area contributed by atoms with Crippen LogP contribution in [0, 0.1) is 0 Å². The van der Waals surface area contributed by atoms with Crippen molar-refractivity contribution in [3.63, 3.8) is 0 Å². The monoisotopic (exact) mass is 172 g/mol. The molecule has 1 aliphatic rings. The van der Waals surface area contributed by atoms with Crippen LogP contribution in [0.4, 0.5) is 0 Å². The molecule has 0 saturated carbocycles. The van der Waals surface area contributed by atoms with Crippen molar-refractivity contribution in [2.75, 3.05) is 0 Å². The summed E-state index contributed by atoms with van der Waals surface area (Å²) in [6, 6.07) is 7.90. The Kier molecular flexibility index (Phi) is 1.74. The standard InChI is InChI=1S/C11H8O2/c12-11(13)6-5-9-7-8-3-1-2-4-10(8)9/h1-7H,(H,12,13). The summed E-state index contributed by atoms with van der Waals surface area (Å²) in [6.45, 7) is 0. The predicted octanol–water partition coefficient (Wildman–Crippen LogP) is 2.18. The lowest BCUT2D eigenvalue weighted by atomic mass is 9.88. The van der Waals surface area contributed by atoms with Gasteiger partial charge in [-0.3, -0.25) is 0 Å². The smallest absolute Gasteiger partial charge is 0.328 e. The highest BCUT2D eigenvalue weighted by Crippen LogP contribution is 2.32. The Morgan fingerprint density at radius 1 is 1.31 bits per heavy atom. The molecule has 0 heterocycles. The van der Waals surface area contributed by atoms with Crippen LogP contribution in [-0.4, -0.2) is 11.1 Å². The van der Waals surface area contributed by atoms with Gasteiger partial charge in [0.1, 0.15) is 0 Å². The van der Waals surface area contributed by atoms with Crippen LogP contribution >= 0.6 is 0 Å². The molecular formula is C11H8O2. The van der Waals surface area contributed by atoms with E-state index in [4.69, 9.17) is 5.11 Å². The Balaban J connectivity index is 2.21. The van der Waals surface area contributed by atoms with Gasteiger partial charge >= 0.3 is 5.97 Å². The maximum absolute atomic E-state index is 10.2. The summed E-state index contributed by atoms with van der Waals surface area (Å²) in [4.78, 5) is 10.2. The van der Waals surface area contributed by atoms with Crippen molar-refractivity contribution in [3.05, 3.63) is 47.5 Å². The highest BCUT2D eigenvalue weighted by molar-refractivity contribution is 6.01. The zero-order chi connectivity index (χ0) is 9.26. The first kappa shape index (κ1) is 7.80. The average molecular weight is 172 g/mol. The normalized spacial score (nSPS) is 13.4. The number of fused-ring (bicyclic) bond motifs is 1. The lowest BCUT2D eigenvalue weighted by Gasteiger charge is -2.15. The fourth-order valence-corrected chi connectivity index (χ4v) is 1.35. The van der Waals surface area contributed by atoms with Crippen LogP contribution in [0.3, 0.4) is 0 Å². The van der Waals surface area contributed by atoms with Crippen LogP contribution in [0.1, 0.15) is 11.1 Å². The number of carbonyl (C=O) groups is 1. The van der Waals surface area contributed by atoms with E-state index in [-0.39, 0.29) is 0 Å². The second-order valence-electron chi connectivity index (χ2n) is 2.86. The van der Waals surface area contributed by atoms with Crippen LogP contribution in [0.2, 0.25) is 0 Å². The lowest BCUT2D eigenvalue weighted by Crippen LogP contribution is -1.96. The molecule has 2 rings (SSSR count). The van der Waals surface area contributed by atoms with Crippen LogP contribution in [0.25, 0.3) is 11.6 Å². The molecule has 0 spiro atoms. The number of rotatable bonds is 2. The number of allylic oxidation sites excluding steroid dienone is 2. The molecule has 1 aromatic rings. The summed E-state index contributed by atoms with van der Waals surface area (Å²) < 4.78 is 0. The third-order valence-electron chi connectivity index (χ3n) is 1.99. The first-order chi connectivity index (χ1) is 6.27. The zero-order valence-electron chi connectivity index (χ0n) is 6.90. The molecule has 0 fully saturated rings. The largest absolute Gasteiger partial charge is 0.478 e. The topological polar surface area (TPSA) is 37.3 Å². The van der Waals surface area contributed by atoms with E-state index in [2.05, 4.69) is 0 Å². The average Bonchev–Trinajstić information content (AvgIpc) is 2.06. The van der Waals surface area contributed by atoms with Gasteiger partial charge in [-0.05, 0) is 28.9 Å². The Hall–Kier alpha value is -1.83. The van der Waals surface area contributed by atoms with E-state index < -0.39 is 5.97 Å². The van der Waals surface area contributed by atoms with E-state index >= 15 is 0 Å². The van der Waals surface area contributed by atoms with Gasteiger partial charge < -0.3 is 5.11 Å². The van der Waals surface area contributed by atoms with Crippen molar-refractivity contribution >= 4 is 17.6 Å². The number of hydrogen-bond acceptors (Lipinski definition) is 1. The minimum atomic E-state index is -0.912. The van der Waals surface area contributed by atoms with Gasteiger partial charge in [0.15, 0.2) is 0 Å². The van der Waals surface area contributed by atoms with Gasteiger partial charge in [-0.25, -0.2) is 4.79 Å². The minimum absolute atomic E-state index is 0.912. The molecule has 0 aliphatic heterocycles. The Morgan fingerprint density at radius 2 is 2.08 bits per heavy atom. The van der Waals surface area contributed by atoms with E-state index in [0.717, 1.165) is 17.2 Å². The molecule has 0 unspecified atom stereocenters. The molecule has 64 valence electrons. The molecule has 0 saturated heterocycles. The van der Waals surface area contributed by atoms with Gasteiger partial charge in [0, 0.05) is 6.08 Å². The van der Waals surface area contributed by atoms with Crippen LogP contribution in [0.5, 0.6) is 0 Å². The van der Waals surface area contributed by atoms with Gasteiger partial charge in [0.05, 0.1) is 0 Å². The fraction of sp³-hybridized carbons (Fsp3) is 0. The van der Waals surface area contributed by atoms with Gasteiger partial charge in [-0.15, -0.1) is 0 Å². The number of benzene rings is 1. The number of aliphatic carboxylic acids is 1. The summed E-state index contributed by atoms with van der Waals surface area (Å²) in [6.07, 6.45) is 4.74. The van der Waals surface area contributed by atoms with E-state index in [0.29, 0.717) is 0 Å². The molecule has 2 heteroatoms. The first-order valence-electron chi connectivity index (χ1n) is 3.99. The molecule has 1 N–H and O–H groups in total. The molecular weight excluding hydrogens is 164 g/mol. The predicted molar refractivity (Wildman–Crippen MR) is 51.1 cm³/mol. The molecule has 1 aliphatic carbocycles. The minimum Gasteiger partial charge on any atom is -0.478 e. The van der Waals surface area contributed by atoms with Crippen molar-refractivity contribution in [3.8, 4) is 0 Å².